The van der Waals surface area contributed by atoms with Crippen LogP contribution in [-0.4, -0.2) is 48.3 Å². The van der Waals surface area contributed by atoms with Crippen molar-refractivity contribution in [3.05, 3.63) is 0 Å². The lowest BCUT2D eigenvalue weighted by molar-refractivity contribution is -0.192. The summed E-state index contributed by atoms with van der Waals surface area (Å²) in [5, 5.41) is 7.12. The molecule has 108 valence electrons. The topological polar surface area (TPSA) is 66.6 Å². The van der Waals surface area contributed by atoms with Crippen LogP contribution < -0.4 is 5.73 Å². The molecule has 0 aromatic carbocycles. The Morgan fingerprint density at radius 3 is 1.83 bits per heavy atom. The summed E-state index contributed by atoms with van der Waals surface area (Å²) in [6, 6.07) is 0. The molecule has 7 heteroatoms. The van der Waals surface area contributed by atoms with Gasteiger partial charge in [0.15, 0.2) is 0 Å². The Morgan fingerprint density at radius 2 is 1.67 bits per heavy atom. The van der Waals surface area contributed by atoms with Gasteiger partial charge in [0.1, 0.15) is 0 Å². The van der Waals surface area contributed by atoms with Crippen molar-refractivity contribution in [3.8, 4) is 0 Å². The Bertz CT molecular complexity index is 262. The fraction of sp³-hybridized carbons (Fsp3) is 0.909. The molecule has 0 heterocycles. The Hall–Kier alpha value is -0.820. The molecule has 4 nitrogen and oxygen atoms in total. The van der Waals surface area contributed by atoms with Crippen LogP contribution in [0.15, 0.2) is 0 Å². The first-order valence-electron chi connectivity index (χ1n) is 5.83. The Morgan fingerprint density at radius 1 is 1.28 bits per heavy atom. The van der Waals surface area contributed by atoms with E-state index in [1.165, 1.54) is 32.1 Å². The molecule has 1 rings (SSSR count). The molecule has 3 N–H and O–H groups in total. The van der Waals surface area contributed by atoms with Crippen LogP contribution in [0.1, 0.15) is 32.1 Å². The zero-order valence-corrected chi connectivity index (χ0v) is 10.8. The van der Waals surface area contributed by atoms with Gasteiger partial charge in [-0.3, -0.25) is 0 Å². The number of rotatable bonds is 2. The minimum Gasteiger partial charge on any atom is -0.475 e. The molecule has 1 fully saturated rings. The second-order valence-electron chi connectivity index (χ2n) is 4.69. The van der Waals surface area contributed by atoms with E-state index in [4.69, 9.17) is 15.6 Å². The number of carbonyl (C=O) groups is 1. The number of aliphatic carboxylic acids is 1. The highest BCUT2D eigenvalue weighted by atomic mass is 19.4. The van der Waals surface area contributed by atoms with Crippen LogP contribution in [0.25, 0.3) is 0 Å². The van der Waals surface area contributed by atoms with Crippen molar-refractivity contribution in [2.75, 3.05) is 20.6 Å². The third-order valence-corrected chi connectivity index (χ3v) is 3.36. The summed E-state index contributed by atoms with van der Waals surface area (Å²) < 4.78 is 31.7. The summed E-state index contributed by atoms with van der Waals surface area (Å²) in [5.41, 5.74) is 6.13. The summed E-state index contributed by atoms with van der Waals surface area (Å²) in [6.45, 7) is 0.819. The van der Waals surface area contributed by atoms with Gasteiger partial charge in [-0.1, -0.05) is 19.3 Å². The largest absolute Gasteiger partial charge is 0.490 e. The van der Waals surface area contributed by atoms with Crippen LogP contribution in [0.3, 0.4) is 0 Å². The normalized spacial score (nSPS) is 19.1. The minimum absolute atomic E-state index is 0.332. The molecule has 1 saturated carbocycles. The summed E-state index contributed by atoms with van der Waals surface area (Å²) in [7, 11) is 4.30. The molecule has 0 bridgehead atoms. The Balaban J connectivity index is 0.000000360. The van der Waals surface area contributed by atoms with Gasteiger partial charge in [0.05, 0.1) is 0 Å². The van der Waals surface area contributed by atoms with Crippen molar-refractivity contribution in [1.82, 2.24) is 4.90 Å². The van der Waals surface area contributed by atoms with E-state index >= 15 is 0 Å². The number of carboxylic acid groups (broad SMARTS) is 1. The number of likely N-dealkylation sites (N-methyl/N-ethyl adjacent to an activating group) is 1. The average molecular weight is 270 g/mol. The molecule has 1 aliphatic rings. The molecule has 18 heavy (non-hydrogen) atoms. The first kappa shape index (κ1) is 17.2. The van der Waals surface area contributed by atoms with Gasteiger partial charge in [0.25, 0.3) is 0 Å². The summed E-state index contributed by atoms with van der Waals surface area (Å²) >= 11 is 0. The van der Waals surface area contributed by atoms with E-state index in [9.17, 15) is 13.2 Å². The second-order valence-corrected chi connectivity index (χ2v) is 4.69. The molecule has 0 amide bonds. The van der Waals surface area contributed by atoms with E-state index in [1.807, 2.05) is 0 Å². The average Bonchev–Trinajstić information content (AvgIpc) is 2.29. The van der Waals surface area contributed by atoms with E-state index in [0.717, 1.165) is 6.54 Å². The van der Waals surface area contributed by atoms with Gasteiger partial charge in [-0.25, -0.2) is 4.79 Å². The first-order chi connectivity index (χ1) is 8.15. The summed E-state index contributed by atoms with van der Waals surface area (Å²) in [6.07, 6.45) is 1.60. The number of hydrogen-bond acceptors (Lipinski definition) is 3. The summed E-state index contributed by atoms with van der Waals surface area (Å²) in [5.74, 6) is -2.76. The van der Waals surface area contributed by atoms with Crippen LogP contribution in [0.2, 0.25) is 0 Å². The molecule has 0 unspecified atom stereocenters. The maximum atomic E-state index is 10.6. The van der Waals surface area contributed by atoms with Crippen LogP contribution in [0.4, 0.5) is 13.2 Å². The zero-order chi connectivity index (χ0) is 14.4. The third-order valence-electron chi connectivity index (χ3n) is 3.36. The predicted octanol–water partition coefficient (Wildman–Crippen LogP) is 1.84. The number of nitrogens with zero attached hydrogens (tertiary/aromatic N) is 1. The van der Waals surface area contributed by atoms with Crippen LogP contribution in [-0.2, 0) is 4.79 Å². The number of nitrogens with two attached hydrogens (primary N) is 1. The third kappa shape index (κ3) is 5.22. The molecule has 0 radical (unpaired) electrons. The predicted molar refractivity (Wildman–Crippen MR) is 62.2 cm³/mol. The molecule has 0 spiro atoms. The Labute approximate surface area is 105 Å². The highest BCUT2D eigenvalue weighted by molar-refractivity contribution is 5.73. The number of halogens is 3. The lowest BCUT2D eigenvalue weighted by atomic mass is 9.81. The fourth-order valence-electron chi connectivity index (χ4n) is 2.04. The fourth-order valence-corrected chi connectivity index (χ4v) is 2.04. The van der Waals surface area contributed by atoms with Crippen LogP contribution >= 0.6 is 0 Å². The van der Waals surface area contributed by atoms with Crippen molar-refractivity contribution in [1.29, 1.82) is 0 Å². The molecule has 1 aliphatic carbocycles. The van der Waals surface area contributed by atoms with Crippen LogP contribution in [0.5, 0.6) is 0 Å². The molecule has 0 aromatic rings. The quantitative estimate of drug-likeness (QED) is 0.803. The monoisotopic (exact) mass is 270 g/mol. The first-order valence-corrected chi connectivity index (χ1v) is 5.83. The van der Waals surface area contributed by atoms with Crippen molar-refractivity contribution in [3.63, 3.8) is 0 Å². The number of carboxylic acids is 1. The molecule has 0 saturated heterocycles. The van der Waals surface area contributed by atoms with E-state index in [1.54, 1.807) is 0 Å². The summed E-state index contributed by atoms with van der Waals surface area (Å²) in [4.78, 5) is 11.2. The highest BCUT2D eigenvalue weighted by Crippen LogP contribution is 2.30. The van der Waals surface area contributed by atoms with E-state index in [2.05, 4.69) is 19.0 Å². The maximum absolute atomic E-state index is 10.6. The molecular formula is C11H21F3N2O2. The lowest BCUT2D eigenvalue weighted by Gasteiger charge is -2.42. The van der Waals surface area contributed by atoms with Gasteiger partial charge in [-0.05, 0) is 26.9 Å². The van der Waals surface area contributed by atoms with Crippen molar-refractivity contribution in [2.24, 2.45) is 5.73 Å². The highest BCUT2D eigenvalue weighted by Gasteiger charge is 2.38. The van der Waals surface area contributed by atoms with Gasteiger partial charge in [-0.2, -0.15) is 13.2 Å². The number of alkyl halides is 3. The molecule has 0 aromatic heterocycles. The Kier molecular flexibility index (Phi) is 6.62. The van der Waals surface area contributed by atoms with Gasteiger partial charge >= 0.3 is 12.1 Å². The maximum Gasteiger partial charge on any atom is 0.490 e. The van der Waals surface area contributed by atoms with Gasteiger partial charge in [0.2, 0.25) is 0 Å². The molecular weight excluding hydrogens is 249 g/mol. The van der Waals surface area contributed by atoms with Gasteiger partial charge in [0, 0.05) is 12.1 Å². The van der Waals surface area contributed by atoms with Crippen molar-refractivity contribution in [2.45, 2.75) is 43.8 Å². The number of hydrogen-bond donors (Lipinski definition) is 2. The minimum atomic E-state index is -5.08. The van der Waals surface area contributed by atoms with E-state index < -0.39 is 12.1 Å². The smallest absolute Gasteiger partial charge is 0.475 e. The van der Waals surface area contributed by atoms with E-state index in [-0.39, 0.29) is 0 Å². The zero-order valence-electron chi connectivity index (χ0n) is 10.8. The van der Waals surface area contributed by atoms with Crippen LogP contribution in [0, 0.1) is 0 Å². The molecule has 0 atom stereocenters. The SMILES string of the molecule is CN(C)C1(CN)CCCCC1.O=C(O)C(F)(F)F. The standard InChI is InChI=1S/C9H20N2.C2HF3O2/c1-11(2)9(8-10)6-4-3-5-7-9;3-2(4,5)1(6)7/h3-8,10H2,1-2H3;(H,6,7). The van der Waals surface area contributed by atoms with Gasteiger partial charge < -0.3 is 15.7 Å². The van der Waals surface area contributed by atoms with Gasteiger partial charge in [-0.15, -0.1) is 0 Å². The molecule has 0 aliphatic heterocycles. The van der Waals surface area contributed by atoms with E-state index in [0.29, 0.717) is 5.54 Å². The van der Waals surface area contributed by atoms with Crippen molar-refractivity contribution < 1.29 is 23.1 Å². The lowest BCUT2D eigenvalue weighted by Crippen LogP contribution is -2.51. The van der Waals surface area contributed by atoms with Crippen molar-refractivity contribution >= 4 is 5.97 Å². The second kappa shape index (κ2) is 6.94.